The van der Waals surface area contributed by atoms with E-state index < -0.39 is 0 Å². The number of nitrogens with one attached hydrogen (secondary N) is 1. The topological polar surface area (TPSA) is 58.6 Å². The third kappa shape index (κ3) is 2.90. The number of carbonyl (C=O) groups excluding carboxylic acids is 1. The monoisotopic (exact) mass is 341 g/mol. The maximum absolute atomic E-state index is 11.3. The highest BCUT2D eigenvalue weighted by atomic mass is 31.0. The number of carbonyl (C=O) groups is 1. The van der Waals surface area contributed by atoms with Crippen LogP contribution in [0, 0.1) is 6.92 Å². The Hall–Kier alpha value is -2.32. The van der Waals surface area contributed by atoms with Crippen LogP contribution in [-0.4, -0.2) is 25.0 Å². The van der Waals surface area contributed by atoms with Crippen molar-refractivity contribution in [3.63, 3.8) is 0 Å². The molecule has 2 aromatic carbocycles. The summed E-state index contributed by atoms with van der Waals surface area (Å²) < 4.78 is 5.50. The molecule has 0 radical (unpaired) electrons. The van der Waals surface area contributed by atoms with E-state index in [1.807, 2.05) is 6.08 Å². The molecule has 2 N–H and O–H groups in total. The molecule has 1 unspecified atom stereocenters. The van der Waals surface area contributed by atoms with Gasteiger partial charge in [0.2, 0.25) is 0 Å². The molecule has 0 fully saturated rings. The van der Waals surface area contributed by atoms with Gasteiger partial charge in [-0.15, -0.1) is 9.24 Å². The van der Waals surface area contributed by atoms with Gasteiger partial charge in [-0.3, -0.25) is 4.79 Å². The lowest BCUT2D eigenvalue weighted by atomic mass is 9.93. The number of phenolic OH excluding ortho intramolecular Hbond substituents is 1. The Morgan fingerprint density at radius 2 is 2.04 bits per heavy atom. The van der Waals surface area contributed by atoms with E-state index >= 15 is 0 Å². The molecular formula is C19H20NO3P. The van der Waals surface area contributed by atoms with E-state index in [0.29, 0.717) is 29.8 Å². The van der Waals surface area contributed by atoms with Crippen molar-refractivity contribution in [1.29, 1.82) is 0 Å². The Balaban J connectivity index is 2.04. The number of ether oxygens (including phenoxy) is 1. The van der Waals surface area contributed by atoms with Gasteiger partial charge in [0.1, 0.15) is 11.5 Å². The number of fused-ring (bicyclic) bond motifs is 1. The SMILES string of the molecule is COc1c(C)c(C=O)c(O)c2c1C=C(Cc1ccc(P)cc1)CN2. The second-order valence-electron chi connectivity index (χ2n) is 5.90. The first-order valence-electron chi connectivity index (χ1n) is 7.71. The number of hydrogen-bond donors (Lipinski definition) is 2. The van der Waals surface area contributed by atoms with E-state index in [-0.39, 0.29) is 11.3 Å². The van der Waals surface area contributed by atoms with E-state index in [1.54, 1.807) is 14.0 Å². The number of benzene rings is 2. The van der Waals surface area contributed by atoms with Crippen LogP contribution in [0.4, 0.5) is 5.69 Å². The second kappa shape index (κ2) is 6.66. The summed E-state index contributed by atoms with van der Waals surface area (Å²) in [4.78, 5) is 11.3. The van der Waals surface area contributed by atoms with E-state index in [9.17, 15) is 9.90 Å². The van der Waals surface area contributed by atoms with Gasteiger partial charge < -0.3 is 15.2 Å². The van der Waals surface area contributed by atoms with E-state index in [0.717, 1.165) is 17.3 Å². The van der Waals surface area contributed by atoms with Crippen molar-refractivity contribution >= 4 is 32.6 Å². The zero-order valence-corrected chi connectivity index (χ0v) is 14.9. The van der Waals surface area contributed by atoms with Crippen LogP contribution in [0.15, 0.2) is 29.8 Å². The van der Waals surface area contributed by atoms with Crippen molar-refractivity contribution in [1.82, 2.24) is 0 Å². The predicted molar refractivity (Wildman–Crippen MR) is 101 cm³/mol. The molecule has 5 heteroatoms. The number of rotatable bonds is 4. The molecule has 124 valence electrons. The van der Waals surface area contributed by atoms with Crippen molar-refractivity contribution in [2.45, 2.75) is 13.3 Å². The maximum atomic E-state index is 11.3. The molecule has 1 aliphatic heterocycles. The smallest absolute Gasteiger partial charge is 0.154 e. The summed E-state index contributed by atoms with van der Waals surface area (Å²) in [6.07, 6.45) is 3.52. The van der Waals surface area contributed by atoms with Crippen molar-refractivity contribution in [2.75, 3.05) is 19.0 Å². The van der Waals surface area contributed by atoms with E-state index in [2.05, 4.69) is 38.8 Å². The third-order valence-electron chi connectivity index (χ3n) is 4.32. The summed E-state index contributed by atoms with van der Waals surface area (Å²) in [5.41, 5.74) is 4.68. The molecule has 0 aromatic heterocycles. The molecule has 0 saturated carbocycles. The highest BCUT2D eigenvalue weighted by Gasteiger charge is 2.24. The lowest BCUT2D eigenvalue weighted by Gasteiger charge is -2.24. The van der Waals surface area contributed by atoms with Gasteiger partial charge in [0.25, 0.3) is 0 Å². The molecule has 24 heavy (non-hydrogen) atoms. The zero-order chi connectivity index (χ0) is 17.3. The standard InChI is InChI=1S/C19H20NO3P/c1-11-16(10-21)18(22)17-15(19(11)23-2)8-13(9-20-17)7-12-3-5-14(24)6-4-12/h3-6,8,10,20,22H,7,9,24H2,1-2H3. The van der Waals surface area contributed by atoms with Crippen LogP contribution in [0.25, 0.3) is 6.08 Å². The molecule has 0 bridgehead atoms. The number of aromatic hydroxyl groups is 1. The molecule has 1 aliphatic rings. The van der Waals surface area contributed by atoms with Gasteiger partial charge in [-0.05, 0) is 35.9 Å². The first kappa shape index (κ1) is 16.5. The first-order chi connectivity index (χ1) is 11.5. The summed E-state index contributed by atoms with van der Waals surface area (Å²) in [6.45, 7) is 2.40. The van der Waals surface area contributed by atoms with Gasteiger partial charge in [-0.2, -0.15) is 0 Å². The molecular weight excluding hydrogens is 321 g/mol. The van der Waals surface area contributed by atoms with Gasteiger partial charge in [-0.1, -0.05) is 24.3 Å². The number of hydrogen-bond acceptors (Lipinski definition) is 4. The van der Waals surface area contributed by atoms with Crippen molar-refractivity contribution < 1.29 is 14.6 Å². The molecule has 1 atom stereocenters. The largest absolute Gasteiger partial charge is 0.505 e. The number of phenols is 1. The van der Waals surface area contributed by atoms with Crippen LogP contribution in [0.1, 0.15) is 27.0 Å². The van der Waals surface area contributed by atoms with E-state index in [4.69, 9.17) is 4.74 Å². The highest BCUT2D eigenvalue weighted by Crippen LogP contribution is 2.44. The molecule has 1 heterocycles. The fourth-order valence-corrected chi connectivity index (χ4v) is 3.26. The highest BCUT2D eigenvalue weighted by molar-refractivity contribution is 7.27. The predicted octanol–water partition coefficient (Wildman–Crippen LogP) is 3.07. The number of methoxy groups -OCH3 is 1. The van der Waals surface area contributed by atoms with Crippen LogP contribution in [0.5, 0.6) is 11.5 Å². The minimum Gasteiger partial charge on any atom is -0.505 e. The molecule has 4 nitrogen and oxygen atoms in total. The molecule has 0 spiro atoms. The van der Waals surface area contributed by atoms with E-state index in [1.165, 1.54) is 11.1 Å². The first-order valence-corrected chi connectivity index (χ1v) is 8.29. The van der Waals surface area contributed by atoms with Crippen LogP contribution in [0.2, 0.25) is 0 Å². The summed E-state index contributed by atoms with van der Waals surface area (Å²) in [5, 5.41) is 14.7. The molecule has 3 rings (SSSR count). The summed E-state index contributed by atoms with van der Waals surface area (Å²) >= 11 is 0. The van der Waals surface area contributed by atoms with Gasteiger partial charge in [-0.25, -0.2) is 0 Å². The van der Waals surface area contributed by atoms with Gasteiger partial charge in [0.15, 0.2) is 6.29 Å². The Morgan fingerprint density at radius 3 is 2.67 bits per heavy atom. The Labute approximate surface area is 143 Å². The quantitative estimate of drug-likeness (QED) is 0.510. The fraction of sp³-hybridized carbons (Fsp3) is 0.211. The zero-order valence-electron chi connectivity index (χ0n) is 13.7. The number of anilines is 1. The molecule has 0 aliphatic carbocycles. The van der Waals surface area contributed by atoms with Gasteiger partial charge in [0.05, 0.1) is 18.4 Å². The minimum atomic E-state index is -0.0130. The lowest BCUT2D eigenvalue weighted by Crippen LogP contribution is -2.14. The fourth-order valence-electron chi connectivity index (χ4n) is 3.07. The lowest BCUT2D eigenvalue weighted by molar-refractivity contribution is 0.112. The average molecular weight is 341 g/mol. The van der Waals surface area contributed by atoms with Crippen molar-refractivity contribution in [2.24, 2.45) is 0 Å². The van der Waals surface area contributed by atoms with Gasteiger partial charge >= 0.3 is 0 Å². The summed E-state index contributed by atoms with van der Waals surface area (Å²) in [6, 6.07) is 8.34. The average Bonchev–Trinajstić information content (AvgIpc) is 2.58. The minimum absolute atomic E-state index is 0.0130. The Morgan fingerprint density at radius 1 is 1.33 bits per heavy atom. The second-order valence-corrected chi connectivity index (χ2v) is 6.57. The summed E-state index contributed by atoms with van der Waals surface area (Å²) in [7, 11) is 4.26. The maximum Gasteiger partial charge on any atom is 0.154 e. The molecule has 0 amide bonds. The normalized spacial score (nSPS) is 12.9. The Kier molecular flexibility index (Phi) is 4.59. The Bertz CT molecular complexity index is 826. The third-order valence-corrected chi connectivity index (χ3v) is 4.71. The van der Waals surface area contributed by atoms with Crippen LogP contribution >= 0.6 is 9.24 Å². The van der Waals surface area contributed by atoms with Crippen molar-refractivity contribution in [3.05, 3.63) is 52.1 Å². The molecule has 0 saturated heterocycles. The van der Waals surface area contributed by atoms with Crippen LogP contribution in [-0.2, 0) is 6.42 Å². The summed E-state index contributed by atoms with van der Waals surface area (Å²) in [5.74, 6) is 0.607. The van der Waals surface area contributed by atoms with Crippen LogP contribution < -0.4 is 15.4 Å². The molecule has 2 aromatic rings. The van der Waals surface area contributed by atoms with Crippen LogP contribution in [0.3, 0.4) is 0 Å². The number of aldehydes is 1. The van der Waals surface area contributed by atoms with Gasteiger partial charge in [0, 0.05) is 17.7 Å². The van der Waals surface area contributed by atoms with Crippen molar-refractivity contribution in [3.8, 4) is 11.5 Å².